The van der Waals surface area contributed by atoms with Crippen molar-refractivity contribution in [1.82, 2.24) is 14.7 Å². The van der Waals surface area contributed by atoms with Crippen LogP contribution in [-0.2, 0) is 23.9 Å². The van der Waals surface area contributed by atoms with Crippen molar-refractivity contribution in [2.24, 2.45) is 17.3 Å². The van der Waals surface area contributed by atoms with Crippen molar-refractivity contribution in [2.75, 3.05) is 77.4 Å². The highest BCUT2D eigenvalue weighted by molar-refractivity contribution is 6.40. The molecule has 3 atom stereocenters. The fourth-order valence-electron chi connectivity index (χ4n) is 6.45. The van der Waals surface area contributed by atoms with E-state index in [4.69, 9.17) is 14.2 Å². The van der Waals surface area contributed by atoms with Crippen molar-refractivity contribution in [3.63, 3.8) is 0 Å². The second-order valence-electron chi connectivity index (χ2n) is 13.5. The molecular weight excluding hydrogens is 594 g/mol. The van der Waals surface area contributed by atoms with Gasteiger partial charge in [0.15, 0.2) is 0 Å². The Labute approximate surface area is 272 Å². The van der Waals surface area contributed by atoms with Gasteiger partial charge in [-0.1, -0.05) is 40.7 Å². The number of amides is 4. The molecule has 2 aliphatic heterocycles. The Bertz CT molecular complexity index is 1200. The standard InChI is InChI=1S/C33H53N5O8/c1-22(2)20-37(31(41)29(39)35-27-24(11-10-12-26(27)45-7)34-13-8-9-16-44-6)25-19-23(30(40)36-14-17-46-18-15-36)21-38(32(42)43)28(25)33(3,4)5/h10-12,22-23,25,28,34H,8-9,13-21H2,1-7H3,(H,35,39)(H,42,43)/t23-,25+,28?/m1/s1. The van der Waals surface area contributed by atoms with Crippen LogP contribution < -0.4 is 15.4 Å². The van der Waals surface area contributed by atoms with E-state index < -0.39 is 41.3 Å². The third kappa shape index (κ3) is 9.47. The number of ether oxygens (including phenoxy) is 3. The number of carboxylic acid groups (broad SMARTS) is 1. The molecule has 0 aromatic heterocycles. The van der Waals surface area contributed by atoms with Crippen LogP contribution in [-0.4, -0.2) is 122 Å². The number of carbonyl (C=O) groups is 4. The minimum Gasteiger partial charge on any atom is -0.494 e. The van der Waals surface area contributed by atoms with Gasteiger partial charge in [0, 0.05) is 46.4 Å². The molecule has 4 amide bonds. The largest absolute Gasteiger partial charge is 0.494 e. The molecule has 13 nitrogen and oxygen atoms in total. The zero-order valence-corrected chi connectivity index (χ0v) is 28.5. The molecule has 3 rings (SSSR count). The maximum atomic E-state index is 14.2. The van der Waals surface area contributed by atoms with Crippen molar-refractivity contribution in [1.29, 1.82) is 0 Å². The van der Waals surface area contributed by atoms with Gasteiger partial charge in [-0.05, 0) is 42.7 Å². The molecule has 2 fully saturated rings. The van der Waals surface area contributed by atoms with E-state index in [1.807, 2.05) is 34.6 Å². The first kappa shape index (κ1) is 36.9. The van der Waals surface area contributed by atoms with Gasteiger partial charge in [-0.15, -0.1) is 0 Å². The molecule has 0 radical (unpaired) electrons. The van der Waals surface area contributed by atoms with Crippen LogP contribution in [0, 0.1) is 17.3 Å². The molecule has 0 aliphatic carbocycles. The maximum absolute atomic E-state index is 14.2. The smallest absolute Gasteiger partial charge is 0.407 e. The maximum Gasteiger partial charge on any atom is 0.407 e. The normalized spacial score (nSPS) is 20.3. The van der Waals surface area contributed by atoms with E-state index in [1.165, 1.54) is 16.9 Å². The van der Waals surface area contributed by atoms with Crippen LogP contribution in [0.3, 0.4) is 0 Å². The fourth-order valence-corrected chi connectivity index (χ4v) is 6.45. The van der Waals surface area contributed by atoms with E-state index in [0.717, 1.165) is 12.8 Å². The molecule has 0 bridgehead atoms. The number of hydrogen-bond donors (Lipinski definition) is 3. The first-order chi connectivity index (χ1) is 21.8. The number of nitrogens with one attached hydrogen (secondary N) is 2. The van der Waals surface area contributed by atoms with Crippen molar-refractivity contribution >= 4 is 35.2 Å². The van der Waals surface area contributed by atoms with E-state index >= 15 is 0 Å². The number of para-hydroxylation sites is 1. The minimum atomic E-state index is -1.17. The molecule has 2 saturated heterocycles. The van der Waals surface area contributed by atoms with Gasteiger partial charge in [0.2, 0.25) is 5.91 Å². The summed E-state index contributed by atoms with van der Waals surface area (Å²) in [6, 6.07) is 3.90. The number of anilines is 2. The van der Waals surface area contributed by atoms with Gasteiger partial charge in [-0.2, -0.15) is 0 Å². The van der Waals surface area contributed by atoms with Crippen LogP contribution in [0.25, 0.3) is 0 Å². The average molecular weight is 648 g/mol. The van der Waals surface area contributed by atoms with Crippen LogP contribution in [0.4, 0.5) is 16.2 Å². The number of methoxy groups -OCH3 is 2. The molecular formula is C33H53N5O8. The van der Waals surface area contributed by atoms with Gasteiger partial charge < -0.3 is 44.7 Å². The average Bonchev–Trinajstić information content (AvgIpc) is 3.02. The molecule has 1 aromatic rings. The second kappa shape index (κ2) is 16.8. The van der Waals surface area contributed by atoms with Gasteiger partial charge >= 0.3 is 17.9 Å². The number of benzene rings is 1. The molecule has 46 heavy (non-hydrogen) atoms. The van der Waals surface area contributed by atoms with Gasteiger partial charge in [0.25, 0.3) is 0 Å². The topological polar surface area (TPSA) is 150 Å². The van der Waals surface area contributed by atoms with E-state index in [0.29, 0.717) is 56.6 Å². The summed E-state index contributed by atoms with van der Waals surface area (Å²) in [5, 5.41) is 16.5. The highest BCUT2D eigenvalue weighted by Gasteiger charge is 2.50. The molecule has 1 aromatic carbocycles. The summed E-state index contributed by atoms with van der Waals surface area (Å²) >= 11 is 0. The summed E-state index contributed by atoms with van der Waals surface area (Å²) in [6.07, 6.45) is 0.758. The van der Waals surface area contributed by atoms with Crippen LogP contribution in [0.1, 0.15) is 53.9 Å². The lowest BCUT2D eigenvalue weighted by Crippen LogP contribution is -2.67. The minimum absolute atomic E-state index is 0.0144. The van der Waals surface area contributed by atoms with E-state index in [9.17, 15) is 24.3 Å². The van der Waals surface area contributed by atoms with Crippen molar-refractivity contribution < 1.29 is 38.5 Å². The van der Waals surface area contributed by atoms with Crippen LogP contribution in [0.5, 0.6) is 5.75 Å². The van der Waals surface area contributed by atoms with Crippen molar-refractivity contribution in [3.05, 3.63) is 18.2 Å². The van der Waals surface area contributed by atoms with Crippen LogP contribution in [0.2, 0.25) is 0 Å². The predicted molar refractivity (Wildman–Crippen MR) is 175 cm³/mol. The zero-order valence-electron chi connectivity index (χ0n) is 28.5. The highest BCUT2D eigenvalue weighted by Crippen LogP contribution is 2.38. The Kier molecular flexibility index (Phi) is 13.5. The Morgan fingerprint density at radius 3 is 2.39 bits per heavy atom. The lowest BCUT2D eigenvalue weighted by molar-refractivity contribution is -0.152. The summed E-state index contributed by atoms with van der Waals surface area (Å²) < 4.78 is 16.1. The molecule has 3 N–H and O–H groups in total. The Morgan fingerprint density at radius 1 is 1.11 bits per heavy atom. The lowest BCUT2D eigenvalue weighted by Gasteiger charge is -2.52. The van der Waals surface area contributed by atoms with E-state index in [-0.39, 0.29) is 31.3 Å². The summed E-state index contributed by atoms with van der Waals surface area (Å²) in [6.45, 7) is 12.8. The predicted octanol–water partition coefficient (Wildman–Crippen LogP) is 3.60. The lowest BCUT2D eigenvalue weighted by atomic mass is 9.74. The van der Waals surface area contributed by atoms with Crippen molar-refractivity contribution in [3.8, 4) is 5.75 Å². The Hall–Kier alpha value is -3.58. The Balaban J connectivity index is 1.96. The van der Waals surface area contributed by atoms with Gasteiger partial charge in [-0.25, -0.2) is 4.79 Å². The van der Waals surface area contributed by atoms with Gasteiger partial charge in [0.1, 0.15) is 11.4 Å². The molecule has 0 saturated carbocycles. The van der Waals surface area contributed by atoms with E-state index in [2.05, 4.69) is 10.6 Å². The second-order valence-corrected chi connectivity index (χ2v) is 13.5. The Morgan fingerprint density at radius 2 is 1.80 bits per heavy atom. The summed E-state index contributed by atoms with van der Waals surface area (Å²) in [4.78, 5) is 58.9. The van der Waals surface area contributed by atoms with Crippen LogP contribution in [0.15, 0.2) is 18.2 Å². The fraction of sp³-hybridized carbons (Fsp3) is 0.697. The number of carbonyl (C=O) groups excluding carboxylic acids is 3. The SMILES string of the molecule is COCCCCNc1cccc(OC)c1NC(=O)C(=O)N(CC(C)C)[C@H]1C[C@@H](C(=O)N2CCOCC2)CN(C(=O)O)C1C(C)(C)C. The van der Waals surface area contributed by atoms with E-state index in [1.54, 1.807) is 30.2 Å². The summed E-state index contributed by atoms with van der Waals surface area (Å²) in [5.74, 6) is -2.16. The van der Waals surface area contributed by atoms with Crippen molar-refractivity contribution in [2.45, 2.75) is 66.0 Å². The van der Waals surface area contributed by atoms with Crippen LogP contribution >= 0.6 is 0 Å². The number of piperidine rings is 1. The molecule has 13 heteroatoms. The van der Waals surface area contributed by atoms with Gasteiger partial charge in [0.05, 0.1) is 44.0 Å². The monoisotopic (exact) mass is 647 g/mol. The number of nitrogens with zero attached hydrogens (tertiary/aromatic N) is 3. The summed E-state index contributed by atoms with van der Waals surface area (Å²) in [7, 11) is 3.14. The number of hydrogen-bond acceptors (Lipinski definition) is 8. The zero-order chi connectivity index (χ0) is 34.0. The molecule has 1 unspecified atom stereocenters. The third-order valence-electron chi connectivity index (χ3n) is 8.44. The first-order valence-corrected chi connectivity index (χ1v) is 16.2. The number of morpholine rings is 1. The number of unbranched alkanes of at least 4 members (excludes halogenated alkanes) is 1. The summed E-state index contributed by atoms with van der Waals surface area (Å²) in [5.41, 5.74) is 0.333. The molecule has 2 heterocycles. The molecule has 0 spiro atoms. The molecule has 2 aliphatic rings. The van der Waals surface area contributed by atoms with Gasteiger partial charge in [-0.3, -0.25) is 14.4 Å². The highest BCUT2D eigenvalue weighted by atomic mass is 16.5. The number of rotatable bonds is 12. The molecule has 258 valence electrons. The first-order valence-electron chi connectivity index (χ1n) is 16.2. The third-order valence-corrected chi connectivity index (χ3v) is 8.44. The quantitative estimate of drug-likeness (QED) is 0.229. The number of likely N-dealkylation sites (tertiary alicyclic amines) is 1.